The fourth-order valence-electron chi connectivity index (χ4n) is 2.82. The summed E-state index contributed by atoms with van der Waals surface area (Å²) >= 11 is 5.99. The Morgan fingerprint density at radius 2 is 1.90 bits per heavy atom. The molecule has 1 unspecified atom stereocenters. The van der Waals surface area contributed by atoms with E-state index in [-0.39, 0.29) is 29.0 Å². The van der Waals surface area contributed by atoms with Crippen molar-refractivity contribution in [3.8, 4) is 0 Å². The molecule has 0 aliphatic heterocycles. The Kier molecular flexibility index (Phi) is 6.58. The number of nitrogens with zero attached hydrogens (tertiary/aromatic N) is 1. The van der Waals surface area contributed by atoms with E-state index in [2.05, 4.69) is 10.0 Å². The molecular weight excluding hydrogens is 417 g/mol. The lowest BCUT2D eigenvalue weighted by Crippen LogP contribution is -2.39. The van der Waals surface area contributed by atoms with E-state index in [0.717, 1.165) is 22.7 Å². The van der Waals surface area contributed by atoms with Crippen LogP contribution in [0.25, 0.3) is 0 Å². The molecule has 1 aliphatic rings. The monoisotopic (exact) mass is 439 g/mol. The Labute approximate surface area is 175 Å². The van der Waals surface area contributed by atoms with Gasteiger partial charge in [-0.05, 0) is 49.6 Å². The van der Waals surface area contributed by atoms with Gasteiger partial charge in [0.25, 0.3) is 10.2 Å². The maximum Gasteiger partial charge on any atom is 0.280 e. The van der Waals surface area contributed by atoms with Gasteiger partial charge in [-0.2, -0.15) is 17.4 Å². The van der Waals surface area contributed by atoms with Crippen LogP contribution in [0, 0.1) is 11.7 Å². The molecule has 9 heteroatoms. The predicted molar refractivity (Wildman–Crippen MR) is 111 cm³/mol. The fourth-order valence-corrected chi connectivity index (χ4v) is 4.10. The quantitative estimate of drug-likeness (QED) is 0.655. The van der Waals surface area contributed by atoms with E-state index >= 15 is 0 Å². The van der Waals surface area contributed by atoms with Crippen LogP contribution < -0.4 is 10.0 Å². The zero-order chi connectivity index (χ0) is 21.2. The minimum atomic E-state index is -3.88. The summed E-state index contributed by atoms with van der Waals surface area (Å²) < 4.78 is 42.8. The molecule has 0 aromatic heterocycles. The Morgan fingerprint density at radius 1 is 1.24 bits per heavy atom. The van der Waals surface area contributed by atoms with Crippen LogP contribution in [0.5, 0.6) is 0 Å². The minimum absolute atomic E-state index is 0.0138. The molecule has 1 amide bonds. The topological polar surface area (TPSA) is 78.5 Å². The highest BCUT2D eigenvalue weighted by Crippen LogP contribution is 2.30. The Morgan fingerprint density at radius 3 is 2.48 bits per heavy atom. The Hall–Kier alpha value is -2.00. The molecular formula is C20H23ClFN3O3S. The van der Waals surface area contributed by atoms with Crippen LogP contribution in [0.3, 0.4) is 0 Å². The van der Waals surface area contributed by atoms with Gasteiger partial charge in [0.15, 0.2) is 0 Å². The van der Waals surface area contributed by atoms with Gasteiger partial charge in [0.2, 0.25) is 5.91 Å². The first-order chi connectivity index (χ1) is 13.7. The number of carbonyl (C=O) groups is 1. The maximum absolute atomic E-state index is 14.0. The van der Waals surface area contributed by atoms with Crippen molar-refractivity contribution in [3.63, 3.8) is 0 Å². The molecule has 2 aromatic carbocycles. The number of rotatable bonds is 8. The van der Waals surface area contributed by atoms with Gasteiger partial charge >= 0.3 is 0 Å². The fraction of sp³-hybridized carbons (Fsp3) is 0.350. The highest BCUT2D eigenvalue weighted by Gasteiger charge is 2.29. The second-order valence-corrected chi connectivity index (χ2v) is 9.40. The van der Waals surface area contributed by atoms with E-state index in [1.165, 1.54) is 25.2 Å². The molecule has 1 saturated carbocycles. The molecule has 0 spiro atoms. The van der Waals surface area contributed by atoms with Crippen molar-refractivity contribution in [3.05, 3.63) is 64.4 Å². The number of nitrogens with one attached hydrogen (secondary N) is 2. The first-order valence-corrected chi connectivity index (χ1v) is 11.1. The van der Waals surface area contributed by atoms with E-state index in [9.17, 15) is 17.6 Å². The summed E-state index contributed by atoms with van der Waals surface area (Å²) in [4.78, 5) is 11.8. The van der Waals surface area contributed by atoms with Gasteiger partial charge in [-0.15, -0.1) is 0 Å². The van der Waals surface area contributed by atoms with Crippen LogP contribution in [-0.2, 0) is 21.5 Å². The molecule has 2 aromatic rings. The summed E-state index contributed by atoms with van der Waals surface area (Å²) in [5, 5.41) is 3.01. The summed E-state index contributed by atoms with van der Waals surface area (Å²) in [6, 6.07) is 10.7. The highest BCUT2D eigenvalue weighted by atomic mass is 35.5. The maximum atomic E-state index is 14.0. The third-order valence-electron chi connectivity index (χ3n) is 4.80. The second kappa shape index (κ2) is 8.79. The summed E-state index contributed by atoms with van der Waals surface area (Å²) in [7, 11) is -2.53. The number of anilines is 1. The average Bonchev–Trinajstić information content (AvgIpc) is 3.50. The van der Waals surface area contributed by atoms with Crippen molar-refractivity contribution >= 4 is 33.4 Å². The molecule has 29 heavy (non-hydrogen) atoms. The molecule has 1 fully saturated rings. The van der Waals surface area contributed by atoms with Gasteiger partial charge in [0.05, 0.1) is 0 Å². The van der Waals surface area contributed by atoms with Crippen molar-refractivity contribution in [2.75, 3.05) is 12.4 Å². The molecule has 3 rings (SSSR count). The zero-order valence-electron chi connectivity index (χ0n) is 16.2. The van der Waals surface area contributed by atoms with Crippen LogP contribution in [0.1, 0.15) is 36.9 Å². The van der Waals surface area contributed by atoms with Crippen molar-refractivity contribution in [2.45, 2.75) is 32.4 Å². The van der Waals surface area contributed by atoms with Gasteiger partial charge in [0, 0.05) is 41.8 Å². The third kappa shape index (κ3) is 5.54. The third-order valence-corrected chi connectivity index (χ3v) is 6.76. The standard InChI is InChI=1S/C20H23ClFN3O3S/c1-13(14-8-10-16(11-9-14)23-20(26)15-6-7-15)24-29(27,28)25(2)12-17-18(21)4-3-5-19(17)22/h3-5,8-11,13,15,24H,6-7,12H2,1-2H3,(H,23,26). The number of halogens is 2. The number of carbonyl (C=O) groups excluding carboxylic acids is 1. The zero-order valence-corrected chi connectivity index (χ0v) is 17.7. The number of hydrogen-bond donors (Lipinski definition) is 2. The van der Waals surface area contributed by atoms with E-state index in [1.807, 2.05) is 0 Å². The van der Waals surface area contributed by atoms with Crippen molar-refractivity contribution in [1.29, 1.82) is 0 Å². The first-order valence-electron chi connectivity index (χ1n) is 9.24. The van der Waals surface area contributed by atoms with E-state index < -0.39 is 22.1 Å². The van der Waals surface area contributed by atoms with E-state index in [1.54, 1.807) is 31.2 Å². The van der Waals surface area contributed by atoms with Crippen LogP contribution in [0.2, 0.25) is 5.02 Å². The molecule has 6 nitrogen and oxygen atoms in total. The average molecular weight is 440 g/mol. The normalized spacial score (nSPS) is 15.3. The summed E-state index contributed by atoms with van der Waals surface area (Å²) in [6.45, 7) is 1.51. The lowest BCUT2D eigenvalue weighted by atomic mass is 10.1. The van der Waals surface area contributed by atoms with Crippen molar-refractivity contribution < 1.29 is 17.6 Å². The van der Waals surface area contributed by atoms with E-state index in [0.29, 0.717) is 5.69 Å². The van der Waals surface area contributed by atoms with Gasteiger partial charge in [0.1, 0.15) is 5.82 Å². The molecule has 1 atom stereocenters. The summed E-state index contributed by atoms with van der Waals surface area (Å²) in [6.07, 6.45) is 1.85. The molecule has 0 saturated heterocycles. The van der Waals surface area contributed by atoms with Gasteiger partial charge in [-0.3, -0.25) is 4.79 Å². The predicted octanol–water partition coefficient (Wildman–Crippen LogP) is 3.86. The number of benzene rings is 2. The SMILES string of the molecule is CC(NS(=O)(=O)N(C)Cc1c(F)cccc1Cl)c1ccc(NC(=O)C2CC2)cc1. The molecule has 1 aliphatic carbocycles. The minimum Gasteiger partial charge on any atom is -0.326 e. The van der Waals surface area contributed by atoms with Crippen LogP contribution in [-0.4, -0.2) is 25.7 Å². The van der Waals surface area contributed by atoms with Gasteiger partial charge < -0.3 is 5.32 Å². The van der Waals surface area contributed by atoms with Crippen molar-refractivity contribution in [2.24, 2.45) is 5.92 Å². The summed E-state index contributed by atoms with van der Waals surface area (Å²) in [5.41, 5.74) is 1.52. The molecule has 0 bridgehead atoms. The lowest BCUT2D eigenvalue weighted by Gasteiger charge is -2.22. The highest BCUT2D eigenvalue weighted by molar-refractivity contribution is 7.87. The molecule has 2 N–H and O–H groups in total. The molecule has 0 heterocycles. The van der Waals surface area contributed by atoms with Crippen LogP contribution in [0.15, 0.2) is 42.5 Å². The van der Waals surface area contributed by atoms with Crippen molar-refractivity contribution in [1.82, 2.24) is 9.03 Å². The number of amides is 1. The Balaban J connectivity index is 1.63. The summed E-state index contributed by atoms with van der Waals surface area (Å²) in [5.74, 6) is -0.435. The smallest absolute Gasteiger partial charge is 0.280 e. The number of hydrogen-bond acceptors (Lipinski definition) is 3. The largest absolute Gasteiger partial charge is 0.326 e. The van der Waals surface area contributed by atoms with E-state index in [4.69, 9.17) is 11.6 Å². The van der Waals surface area contributed by atoms with Crippen LogP contribution in [0.4, 0.5) is 10.1 Å². The van der Waals surface area contributed by atoms with Crippen LogP contribution >= 0.6 is 11.6 Å². The molecule has 0 radical (unpaired) electrons. The van der Waals surface area contributed by atoms with Gasteiger partial charge in [-0.25, -0.2) is 4.39 Å². The second-order valence-electron chi connectivity index (χ2n) is 7.19. The Bertz CT molecular complexity index is 974. The van der Waals surface area contributed by atoms with Gasteiger partial charge in [-0.1, -0.05) is 29.8 Å². The molecule has 156 valence electrons. The lowest BCUT2D eigenvalue weighted by molar-refractivity contribution is -0.117. The first kappa shape index (κ1) is 21.7.